The summed E-state index contributed by atoms with van der Waals surface area (Å²) in [5.74, 6) is -0.198. The van der Waals surface area contributed by atoms with Crippen molar-refractivity contribution in [2.45, 2.75) is 24.8 Å². The number of nitrogens with one attached hydrogen (secondary N) is 1. The third kappa shape index (κ3) is 5.06. The smallest absolute Gasteiger partial charge is 0.244 e. The summed E-state index contributed by atoms with van der Waals surface area (Å²) in [4.78, 5) is 12.3. The number of rotatable bonds is 5. The number of aryl methyl sites for hydroxylation is 1. The fourth-order valence-electron chi connectivity index (χ4n) is 2.29. The Hall–Kier alpha value is -2.40. The van der Waals surface area contributed by atoms with Gasteiger partial charge in [0.2, 0.25) is 5.91 Å². The molecule has 2 rings (SSSR count). The summed E-state index contributed by atoms with van der Waals surface area (Å²) in [5, 5.41) is 2.86. The highest BCUT2D eigenvalue weighted by molar-refractivity contribution is 7.90. The Bertz CT molecular complexity index is 852. The standard InChI is InChI=1S/C19H21NO3S/c1-14-5-4-6-16(13-14)7-12-19(21)20-15(2)17-8-10-18(11-9-17)24(3,22)23/h4-13,15H,1-3H3,(H,20,21)/b12-7+. The van der Waals surface area contributed by atoms with Gasteiger partial charge in [0.25, 0.3) is 0 Å². The van der Waals surface area contributed by atoms with Gasteiger partial charge in [-0.05, 0) is 43.2 Å². The van der Waals surface area contributed by atoms with Crippen molar-refractivity contribution < 1.29 is 13.2 Å². The maximum atomic E-state index is 12.0. The fourth-order valence-corrected chi connectivity index (χ4v) is 2.92. The molecule has 2 aromatic rings. The number of amides is 1. The van der Waals surface area contributed by atoms with Crippen LogP contribution in [0.15, 0.2) is 59.5 Å². The van der Waals surface area contributed by atoms with E-state index in [0.717, 1.165) is 16.7 Å². The van der Waals surface area contributed by atoms with Gasteiger partial charge in [-0.25, -0.2) is 8.42 Å². The molecule has 0 heterocycles. The monoisotopic (exact) mass is 343 g/mol. The molecule has 24 heavy (non-hydrogen) atoms. The summed E-state index contributed by atoms with van der Waals surface area (Å²) < 4.78 is 22.9. The number of carbonyl (C=O) groups excluding carboxylic acids is 1. The minimum Gasteiger partial charge on any atom is -0.346 e. The average molecular weight is 343 g/mol. The van der Waals surface area contributed by atoms with Crippen LogP contribution < -0.4 is 5.32 Å². The Kier molecular flexibility index (Phi) is 5.57. The van der Waals surface area contributed by atoms with Crippen molar-refractivity contribution in [2.75, 3.05) is 6.26 Å². The minimum atomic E-state index is -3.21. The topological polar surface area (TPSA) is 63.2 Å². The SMILES string of the molecule is Cc1cccc(/C=C/C(=O)NC(C)c2ccc(S(C)(=O)=O)cc2)c1. The van der Waals surface area contributed by atoms with Crippen molar-refractivity contribution in [1.29, 1.82) is 0 Å². The summed E-state index contributed by atoms with van der Waals surface area (Å²) in [6.07, 6.45) is 4.43. The number of hydrogen-bond acceptors (Lipinski definition) is 3. The molecule has 126 valence electrons. The van der Waals surface area contributed by atoms with Gasteiger partial charge in [0.05, 0.1) is 10.9 Å². The highest BCUT2D eigenvalue weighted by Crippen LogP contribution is 2.16. The molecule has 0 bridgehead atoms. The van der Waals surface area contributed by atoms with Crippen molar-refractivity contribution in [3.63, 3.8) is 0 Å². The van der Waals surface area contributed by atoms with Gasteiger partial charge in [-0.1, -0.05) is 42.0 Å². The molecular formula is C19H21NO3S. The largest absolute Gasteiger partial charge is 0.346 e. The molecule has 4 nitrogen and oxygen atoms in total. The van der Waals surface area contributed by atoms with E-state index < -0.39 is 9.84 Å². The molecule has 5 heteroatoms. The highest BCUT2D eigenvalue weighted by atomic mass is 32.2. The van der Waals surface area contributed by atoms with Gasteiger partial charge in [-0.3, -0.25) is 4.79 Å². The van der Waals surface area contributed by atoms with E-state index in [1.165, 1.54) is 12.3 Å². The van der Waals surface area contributed by atoms with E-state index in [1.54, 1.807) is 30.3 Å². The molecule has 0 radical (unpaired) electrons. The van der Waals surface area contributed by atoms with E-state index in [-0.39, 0.29) is 16.8 Å². The normalized spacial score (nSPS) is 13.0. The van der Waals surface area contributed by atoms with Crippen LogP contribution in [0, 0.1) is 6.92 Å². The maximum Gasteiger partial charge on any atom is 0.244 e. The number of hydrogen-bond donors (Lipinski definition) is 1. The zero-order valence-corrected chi connectivity index (χ0v) is 14.8. The van der Waals surface area contributed by atoms with Crippen molar-refractivity contribution in [1.82, 2.24) is 5.32 Å². The van der Waals surface area contributed by atoms with Crippen LogP contribution >= 0.6 is 0 Å². The van der Waals surface area contributed by atoms with Crippen molar-refractivity contribution >= 4 is 21.8 Å². The zero-order chi connectivity index (χ0) is 17.7. The summed E-state index contributed by atoms with van der Waals surface area (Å²) in [5.41, 5.74) is 2.95. The second-order valence-corrected chi connectivity index (χ2v) is 7.83. The van der Waals surface area contributed by atoms with Crippen LogP contribution in [-0.2, 0) is 14.6 Å². The molecule has 1 unspecified atom stereocenters. The second kappa shape index (κ2) is 7.45. The lowest BCUT2D eigenvalue weighted by Gasteiger charge is -2.13. The van der Waals surface area contributed by atoms with Crippen molar-refractivity contribution in [3.8, 4) is 0 Å². The lowest BCUT2D eigenvalue weighted by molar-refractivity contribution is -0.117. The third-order valence-corrected chi connectivity index (χ3v) is 4.76. The van der Waals surface area contributed by atoms with Crippen LogP contribution in [-0.4, -0.2) is 20.6 Å². The Labute approximate surface area is 143 Å². The van der Waals surface area contributed by atoms with Crippen LogP contribution in [0.3, 0.4) is 0 Å². The summed E-state index contributed by atoms with van der Waals surface area (Å²) in [6, 6.07) is 14.2. The Morgan fingerprint density at radius 2 is 1.79 bits per heavy atom. The van der Waals surface area contributed by atoms with Gasteiger partial charge in [-0.2, -0.15) is 0 Å². The van der Waals surface area contributed by atoms with Crippen LogP contribution in [0.2, 0.25) is 0 Å². The first kappa shape index (κ1) is 17.9. The summed E-state index contributed by atoms with van der Waals surface area (Å²) in [7, 11) is -3.21. The summed E-state index contributed by atoms with van der Waals surface area (Å²) >= 11 is 0. The first-order valence-electron chi connectivity index (χ1n) is 7.61. The van der Waals surface area contributed by atoms with Crippen LogP contribution in [0.4, 0.5) is 0 Å². The third-order valence-electron chi connectivity index (χ3n) is 3.64. The molecule has 0 aliphatic heterocycles. The van der Waals surface area contributed by atoms with Crippen LogP contribution in [0.5, 0.6) is 0 Å². The zero-order valence-electron chi connectivity index (χ0n) is 14.0. The highest BCUT2D eigenvalue weighted by Gasteiger charge is 2.10. The van der Waals surface area contributed by atoms with Crippen LogP contribution in [0.1, 0.15) is 29.7 Å². The molecule has 1 atom stereocenters. The van der Waals surface area contributed by atoms with Gasteiger partial charge in [0, 0.05) is 12.3 Å². The van der Waals surface area contributed by atoms with E-state index in [9.17, 15) is 13.2 Å². The Morgan fingerprint density at radius 1 is 1.12 bits per heavy atom. The van der Waals surface area contributed by atoms with Gasteiger partial charge >= 0.3 is 0 Å². The van der Waals surface area contributed by atoms with E-state index in [4.69, 9.17) is 0 Å². The Balaban J connectivity index is 2.01. The molecule has 1 N–H and O–H groups in total. The number of sulfone groups is 1. The van der Waals surface area contributed by atoms with Crippen LogP contribution in [0.25, 0.3) is 6.08 Å². The predicted octanol–water partition coefficient (Wildman–Crippen LogP) is 3.29. The first-order chi connectivity index (χ1) is 11.3. The van der Waals surface area contributed by atoms with Crippen molar-refractivity contribution in [3.05, 3.63) is 71.3 Å². The van der Waals surface area contributed by atoms with Gasteiger partial charge in [0.1, 0.15) is 0 Å². The average Bonchev–Trinajstić information content (AvgIpc) is 2.52. The minimum absolute atomic E-state index is 0.198. The Morgan fingerprint density at radius 3 is 2.38 bits per heavy atom. The van der Waals surface area contributed by atoms with E-state index in [1.807, 2.05) is 38.1 Å². The molecule has 0 fully saturated rings. The molecule has 0 aliphatic rings. The molecular weight excluding hydrogens is 322 g/mol. The lowest BCUT2D eigenvalue weighted by atomic mass is 10.1. The molecule has 2 aromatic carbocycles. The van der Waals surface area contributed by atoms with Crippen molar-refractivity contribution in [2.24, 2.45) is 0 Å². The fraction of sp³-hybridized carbons (Fsp3) is 0.211. The summed E-state index contributed by atoms with van der Waals surface area (Å²) in [6.45, 7) is 3.85. The molecule has 0 saturated heterocycles. The molecule has 0 saturated carbocycles. The number of benzene rings is 2. The van der Waals surface area contributed by atoms with E-state index in [0.29, 0.717) is 0 Å². The van der Waals surface area contributed by atoms with E-state index >= 15 is 0 Å². The molecule has 0 spiro atoms. The first-order valence-corrected chi connectivity index (χ1v) is 9.50. The molecule has 1 amide bonds. The van der Waals surface area contributed by atoms with E-state index in [2.05, 4.69) is 5.32 Å². The lowest BCUT2D eigenvalue weighted by Crippen LogP contribution is -2.24. The number of carbonyl (C=O) groups is 1. The maximum absolute atomic E-state index is 12.0. The quantitative estimate of drug-likeness (QED) is 0.847. The van der Waals surface area contributed by atoms with Gasteiger partial charge < -0.3 is 5.32 Å². The predicted molar refractivity (Wildman–Crippen MR) is 96.3 cm³/mol. The molecule has 0 aromatic heterocycles. The van der Waals surface area contributed by atoms with Gasteiger partial charge in [-0.15, -0.1) is 0 Å². The second-order valence-electron chi connectivity index (χ2n) is 5.82. The molecule has 0 aliphatic carbocycles. The van der Waals surface area contributed by atoms with Gasteiger partial charge in [0.15, 0.2) is 9.84 Å².